The van der Waals surface area contributed by atoms with E-state index in [2.05, 4.69) is 0 Å². The van der Waals surface area contributed by atoms with Gasteiger partial charge in [-0.15, -0.1) is 0 Å². The predicted octanol–water partition coefficient (Wildman–Crippen LogP) is 4.12. The van der Waals surface area contributed by atoms with E-state index in [0.717, 1.165) is 0 Å². The van der Waals surface area contributed by atoms with Gasteiger partial charge in [0.05, 0.1) is 10.5 Å². The van der Waals surface area contributed by atoms with Crippen molar-refractivity contribution in [3.63, 3.8) is 0 Å². The molecule has 0 bridgehead atoms. The van der Waals surface area contributed by atoms with Crippen LogP contribution in [0.25, 0.3) is 0 Å². The normalized spacial score (nSPS) is 11.9. The highest BCUT2D eigenvalue weighted by Gasteiger charge is 2.31. The van der Waals surface area contributed by atoms with Crippen LogP contribution in [0.3, 0.4) is 0 Å². The largest absolute Gasteiger partial charge is 0.481 e. The van der Waals surface area contributed by atoms with Crippen LogP contribution in [-0.4, -0.2) is 16.0 Å². The van der Waals surface area contributed by atoms with Gasteiger partial charge in [-0.05, 0) is 23.8 Å². The van der Waals surface area contributed by atoms with Gasteiger partial charge in [0.25, 0.3) is 5.69 Å². The average Bonchev–Trinajstić information content (AvgIpc) is 2.40. The zero-order valence-corrected chi connectivity index (χ0v) is 12.0. The summed E-state index contributed by atoms with van der Waals surface area (Å²) in [6, 6.07) is 10.1. The highest BCUT2D eigenvalue weighted by molar-refractivity contribution is 6.32. The van der Waals surface area contributed by atoms with E-state index >= 15 is 0 Å². The fourth-order valence-electron chi connectivity index (χ4n) is 2.07. The predicted molar refractivity (Wildman–Crippen MR) is 79.0 cm³/mol. The first-order valence-corrected chi connectivity index (χ1v) is 6.58. The van der Waals surface area contributed by atoms with Gasteiger partial charge in [-0.1, -0.05) is 41.4 Å². The van der Waals surface area contributed by atoms with E-state index in [1.807, 2.05) is 0 Å². The topological polar surface area (TPSA) is 80.4 Å². The lowest BCUT2D eigenvalue weighted by molar-refractivity contribution is -0.385. The molecule has 2 rings (SSSR count). The Balaban J connectivity index is 2.70. The summed E-state index contributed by atoms with van der Waals surface area (Å²) in [7, 11) is 0. The van der Waals surface area contributed by atoms with Crippen LogP contribution in [-0.2, 0) is 4.79 Å². The summed E-state index contributed by atoms with van der Waals surface area (Å²) in [4.78, 5) is 22.1. The molecular weight excluding hydrogens is 317 g/mol. The first-order chi connectivity index (χ1) is 9.91. The van der Waals surface area contributed by atoms with Gasteiger partial charge >= 0.3 is 5.97 Å². The van der Waals surface area contributed by atoms with Crippen LogP contribution in [0.2, 0.25) is 10.0 Å². The number of carboxylic acids is 1. The van der Waals surface area contributed by atoms with Gasteiger partial charge in [0.15, 0.2) is 0 Å². The molecule has 1 atom stereocenters. The molecule has 1 N–H and O–H groups in total. The van der Waals surface area contributed by atoms with E-state index in [1.165, 1.54) is 30.3 Å². The molecule has 108 valence electrons. The lowest BCUT2D eigenvalue weighted by Crippen LogP contribution is -2.15. The Hall–Kier alpha value is -2.11. The summed E-state index contributed by atoms with van der Waals surface area (Å²) in [6.45, 7) is 0. The Morgan fingerprint density at radius 3 is 2.38 bits per heavy atom. The molecule has 0 saturated heterocycles. The molecule has 0 radical (unpaired) electrons. The summed E-state index contributed by atoms with van der Waals surface area (Å²) in [5, 5.41) is 21.0. The second-order valence-corrected chi connectivity index (χ2v) is 5.10. The molecule has 0 heterocycles. The Labute approximate surface area is 129 Å². The Morgan fingerprint density at radius 2 is 1.81 bits per heavy atom. The molecule has 0 saturated carbocycles. The molecule has 0 aromatic heterocycles. The summed E-state index contributed by atoms with van der Waals surface area (Å²) in [6.07, 6.45) is 0. The molecule has 0 aliphatic rings. The van der Waals surface area contributed by atoms with Crippen molar-refractivity contribution >= 4 is 34.9 Å². The number of nitrogens with zero attached hydrogens (tertiary/aromatic N) is 1. The van der Waals surface area contributed by atoms with E-state index in [1.54, 1.807) is 12.1 Å². The van der Waals surface area contributed by atoms with Crippen molar-refractivity contribution in [2.75, 3.05) is 0 Å². The Morgan fingerprint density at radius 1 is 1.14 bits per heavy atom. The SMILES string of the molecule is O=C(O)C(c1ccccc1Cl)c1cc(Cl)ccc1[N+](=O)[O-]. The van der Waals surface area contributed by atoms with Crippen LogP contribution in [0, 0.1) is 10.1 Å². The van der Waals surface area contributed by atoms with Gasteiger partial charge in [0.2, 0.25) is 0 Å². The van der Waals surface area contributed by atoms with Crippen molar-refractivity contribution < 1.29 is 14.8 Å². The zero-order valence-electron chi connectivity index (χ0n) is 10.5. The molecule has 0 aliphatic carbocycles. The van der Waals surface area contributed by atoms with Gasteiger partial charge in [0, 0.05) is 16.1 Å². The van der Waals surface area contributed by atoms with Crippen molar-refractivity contribution in [2.24, 2.45) is 0 Å². The van der Waals surface area contributed by atoms with Crippen LogP contribution >= 0.6 is 23.2 Å². The summed E-state index contributed by atoms with van der Waals surface area (Å²) in [5.41, 5.74) is -0.0446. The average molecular weight is 326 g/mol. The minimum absolute atomic E-state index is 0.00639. The quantitative estimate of drug-likeness (QED) is 0.677. The molecule has 0 amide bonds. The van der Waals surface area contributed by atoms with Crippen LogP contribution in [0.15, 0.2) is 42.5 Å². The molecule has 1 unspecified atom stereocenters. The summed E-state index contributed by atoms with van der Waals surface area (Å²) >= 11 is 11.9. The minimum atomic E-state index is -1.27. The van der Waals surface area contributed by atoms with Crippen molar-refractivity contribution in [1.29, 1.82) is 0 Å². The van der Waals surface area contributed by atoms with Crippen LogP contribution < -0.4 is 0 Å². The third-order valence-corrected chi connectivity index (χ3v) is 3.54. The molecule has 5 nitrogen and oxygen atoms in total. The smallest absolute Gasteiger partial charge is 0.315 e. The standard InChI is InChI=1S/C14H9Cl2NO4/c15-8-5-6-12(17(20)21)10(7-8)13(14(18)19)9-3-1-2-4-11(9)16/h1-7,13H,(H,18,19). The van der Waals surface area contributed by atoms with Crippen molar-refractivity contribution in [3.05, 3.63) is 73.8 Å². The number of hydrogen-bond donors (Lipinski definition) is 1. The van der Waals surface area contributed by atoms with E-state index in [9.17, 15) is 20.0 Å². The molecule has 0 aliphatic heterocycles. The first-order valence-electron chi connectivity index (χ1n) is 5.83. The number of carbonyl (C=O) groups is 1. The maximum atomic E-state index is 11.6. The maximum absolute atomic E-state index is 11.6. The van der Waals surface area contributed by atoms with Crippen molar-refractivity contribution in [1.82, 2.24) is 0 Å². The van der Waals surface area contributed by atoms with E-state index in [-0.39, 0.29) is 26.9 Å². The Kier molecular flexibility index (Phi) is 4.45. The zero-order chi connectivity index (χ0) is 15.6. The first kappa shape index (κ1) is 15.3. The molecule has 7 heteroatoms. The lowest BCUT2D eigenvalue weighted by atomic mass is 9.90. The van der Waals surface area contributed by atoms with Crippen LogP contribution in [0.5, 0.6) is 0 Å². The van der Waals surface area contributed by atoms with E-state index < -0.39 is 16.8 Å². The summed E-state index contributed by atoms with van der Waals surface area (Å²) < 4.78 is 0. The fourth-order valence-corrected chi connectivity index (χ4v) is 2.49. The third-order valence-electron chi connectivity index (χ3n) is 2.96. The van der Waals surface area contributed by atoms with Gasteiger partial charge < -0.3 is 5.11 Å². The highest BCUT2D eigenvalue weighted by Crippen LogP contribution is 2.36. The molecule has 0 spiro atoms. The minimum Gasteiger partial charge on any atom is -0.481 e. The second kappa shape index (κ2) is 6.11. The molecule has 2 aromatic carbocycles. The van der Waals surface area contributed by atoms with E-state index in [4.69, 9.17) is 23.2 Å². The van der Waals surface area contributed by atoms with E-state index in [0.29, 0.717) is 0 Å². The van der Waals surface area contributed by atoms with Gasteiger partial charge in [-0.25, -0.2) is 0 Å². The maximum Gasteiger partial charge on any atom is 0.315 e. The number of nitro groups is 1. The number of carboxylic acid groups (broad SMARTS) is 1. The van der Waals surface area contributed by atoms with Gasteiger partial charge in [0.1, 0.15) is 5.92 Å². The fraction of sp³-hybridized carbons (Fsp3) is 0.0714. The number of halogens is 2. The second-order valence-electron chi connectivity index (χ2n) is 4.25. The third kappa shape index (κ3) is 3.15. The lowest BCUT2D eigenvalue weighted by Gasteiger charge is -2.15. The van der Waals surface area contributed by atoms with Gasteiger partial charge in [-0.3, -0.25) is 14.9 Å². The van der Waals surface area contributed by atoms with Crippen LogP contribution in [0.4, 0.5) is 5.69 Å². The number of aliphatic carboxylic acids is 1. The number of rotatable bonds is 4. The number of hydrogen-bond acceptors (Lipinski definition) is 3. The number of nitro benzene ring substituents is 1. The molecule has 2 aromatic rings. The molecule has 0 fully saturated rings. The highest BCUT2D eigenvalue weighted by atomic mass is 35.5. The number of benzene rings is 2. The van der Waals surface area contributed by atoms with Gasteiger partial charge in [-0.2, -0.15) is 0 Å². The molecule has 21 heavy (non-hydrogen) atoms. The monoisotopic (exact) mass is 325 g/mol. The Bertz CT molecular complexity index is 718. The van der Waals surface area contributed by atoms with Crippen molar-refractivity contribution in [2.45, 2.75) is 5.92 Å². The summed E-state index contributed by atoms with van der Waals surface area (Å²) in [5.74, 6) is -2.51. The van der Waals surface area contributed by atoms with Crippen molar-refractivity contribution in [3.8, 4) is 0 Å². The molecular formula is C14H9Cl2NO4. The van der Waals surface area contributed by atoms with Crippen LogP contribution in [0.1, 0.15) is 17.0 Å².